The number of sulfone groups is 1. The zero-order valence-corrected chi connectivity index (χ0v) is 12.5. The largest absolute Gasteiger partial charge is 0.480 e. The Morgan fingerprint density at radius 3 is 2.23 bits per heavy atom. The van der Waals surface area contributed by atoms with Crippen molar-refractivity contribution in [2.75, 3.05) is 13.4 Å². The van der Waals surface area contributed by atoms with Crippen molar-refractivity contribution in [2.24, 2.45) is 0 Å². The van der Waals surface area contributed by atoms with Gasteiger partial charge in [0.05, 0.1) is 7.11 Å². The number of rotatable bonds is 4. The molecule has 0 aliphatic rings. The number of esters is 1. The molecule has 0 saturated carbocycles. The molecule has 0 heterocycles. The first kappa shape index (κ1) is 18.2. The van der Waals surface area contributed by atoms with Gasteiger partial charge in [0, 0.05) is 6.26 Å². The van der Waals surface area contributed by atoms with E-state index < -0.39 is 50.1 Å². The Hall–Kier alpha value is -1.84. The molecule has 10 heteroatoms. The number of hydrogen-bond acceptors (Lipinski definition) is 5. The molecule has 1 aromatic carbocycles. The molecule has 0 aliphatic heterocycles. The number of ether oxygens (including phenoxy) is 2. The first-order valence-corrected chi connectivity index (χ1v) is 7.63. The van der Waals surface area contributed by atoms with Crippen molar-refractivity contribution >= 4 is 15.8 Å². The van der Waals surface area contributed by atoms with Gasteiger partial charge in [0.1, 0.15) is 16.2 Å². The van der Waals surface area contributed by atoms with Crippen LogP contribution in [0.5, 0.6) is 5.75 Å². The van der Waals surface area contributed by atoms with E-state index in [1.165, 1.54) is 0 Å². The molecule has 0 spiro atoms. The third kappa shape index (κ3) is 3.87. The van der Waals surface area contributed by atoms with Crippen LogP contribution in [-0.2, 0) is 14.6 Å². The SMILES string of the molecule is COC(=O)c1c(OC(C)C(F)(F)F)ccc(S(C)(=O)=O)c1F. The Morgan fingerprint density at radius 2 is 1.82 bits per heavy atom. The fourth-order valence-electron chi connectivity index (χ4n) is 1.47. The van der Waals surface area contributed by atoms with E-state index in [1.54, 1.807) is 0 Å². The van der Waals surface area contributed by atoms with Gasteiger partial charge in [0.2, 0.25) is 0 Å². The summed E-state index contributed by atoms with van der Waals surface area (Å²) in [6.07, 6.45) is -6.40. The van der Waals surface area contributed by atoms with E-state index >= 15 is 0 Å². The molecule has 0 amide bonds. The summed E-state index contributed by atoms with van der Waals surface area (Å²) in [6, 6.07) is 1.49. The molecule has 0 fully saturated rings. The summed E-state index contributed by atoms with van der Waals surface area (Å²) in [4.78, 5) is 10.7. The van der Waals surface area contributed by atoms with E-state index in [0.717, 1.165) is 19.2 Å². The first-order valence-electron chi connectivity index (χ1n) is 5.73. The number of carbonyl (C=O) groups excluding carboxylic acids is 1. The maximum Gasteiger partial charge on any atom is 0.425 e. The monoisotopic (exact) mass is 344 g/mol. The third-order valence-electron chi connectivity index (χ3n) is 2.62. The molecular formula is C12H12F4O5S. The van der Waals surface area contributed by atoms with Crippen LogP contribution in [0.2, 0.25) is 0 Å². The number of halogens is 4. The normalized spacial score (nSPS) is 13.6. The van der Waals surface area contributed by atoms with Gasteiger partial charge in [-0.3, -0.25) is 0 Å². The molecule has 0 N–H and O–H groups in total. The number of alkyl halides is 3. The molecule has 1 unspecified atom stereocenters. The van der Waals surface area contributed by atoms with Crippen molar-refractivity contribution in [3.8, 4) is 5.75 Å². The molecule has 22 heavy (non-hydrogen) atoms. The maximum atomic E-state index is 14.2. The van der Waals surface area contributed by atoms with Gasteiger partial charge in [0.15, 0.2) is 21.8 Å². The van der Waals surface area contributed by atoms with Gasteiger partial charge in [-0.25, -0.2) is 17.6 Å². The zero-order chi connectivity index (χ0) is 17.3. The lowest BCUT2D eigenvalue weighted by molar-refractivity contribution is -0.189. The van der Waals surface area contributed by atoms with Crippen molar-refractivity contribution in [2.45, 2.75) is 24.1 Å². The minimum Gasteiger partial charge on any atom is -0.480 e. The van der Waals surface area contributed by atoms with Crippen LogP contribution in [0.1, 0.15) is 17.3 Å². The van der Waals surface area contributed by atoms with Gasteiger partial charge in [0.25, 0.3) is 0 Å². The predicted molar refractivity (Wildman–Crippen MR) is 67.0 cm³/mol. The lowest BCUT2D eigenvalue weighted by Gasteiger charge is -2.20. The van der Waals surface area contributed by atoms with Crippen molar-refractivity contribution in [3.63, 3.8) is 0 Å². The average molecular weight is 344 g/mol. The molecule has 1 rings (SSSR count). The minimum absolute atomic E-state index is 0.656. The number of hydrogen-bond donors (Lipinski definition) is 0. The van der Waals surface area contributed by atoms with Gasteiger partial charge >= 0.3 is 12.1 Å². The molecule has 0 radical (unpaired) electrons. The molecule has 0 saturated heterocycles. The van der Waals surface area contributed by atoms with Gasteiger partial charge in [-0.2, -0.15) is 13.2 Å². The zero-order valence-electron chi connectivity index (χ0n) is 11.7. The van der Waals surface area contributed by atoms with Crippen LogP contribution in [-0.4, -0.2) is 40.0 Å². The number of methoxy groups -OCH3 is 1. The fraction of sp³-hybridized carbons (Fsp3) is 0.417. The molecule has 0 aliphatic carbocycles. The highest BCUT2D eigenvalue weighted by atomic mass is 32.2. The summed E-state index contributed by atoms with van der Waals surface area (Å²) < 4.78 is 83.2. The second-order valence-electron chi connectivity index (χ2n) is 4.32. The van der Waals surface area contributed by atoms with E-state index in [9.17, 15) is 30.8 Å². The molecular weight excluding hydrogens is 332 g/mol. The number of benzene rings is 1. The third-order valence-corrected chi connectivity index (χ3v) is 3.74. The fourth-order valence-corrected chi connectivity index (χ4v) is 2.22. The highest BCUT2D eigenvalue weighted by Crippen LogP contribution is 2.31. The maximum absolute atomic E-state index is 14.2. The van der Waals surface area contributed by atoms with E-state index in [2.05, 4.69) is 9.47 Å². The summed E-state index contributed by atoms with van der Waals surface area (Å²) in [5.41, 5.74) is -1.01. The van der Waals surface area contributed by atoms with Crippen LogP contribution in [0, 0.1) is 5.82 Å². The summed E-state index contributed by atoms with van der Waals surface area (Å²) in [7, 11) is -3.16. The topological polar surface area (TPSA) is 69.7 Å². The number of carbonyl (C=O) groups is 1. The summed E-state index contributed by atoms with van der Waals surface area (Å²) >= 11 is 0. The Kier molecular flexibility index (Phi) is 5.06. The standard InChI is InChI=1S/C12H12F4O5S/c1-6(12(14,15)16)21-7-4-5-8(22(3,18)19)10(13)9(7)11(17)20-2/h4-6H,1-3H3. The van der Waals surface area contributed by atoms with Gasteiger partial charge in [-0.05, 0) is 19.1 Å². The average Bonchev–Trinajstić information content (AvgIpc) is 2.35. The first-order chi connectivity index (χ1) is 9.89. The van der Waals surface area contributed by atoms with Crippen molar-refractivity contribution in [1.82, 2.24) is 0 Å². The lowest BCUT2D eigenvalue weighted by atomic mass is 10.2. The van der Waals surface area contributed by atoms with Crippen LogP contribution < -0.4 is 4.74 Å². The minimum atomic E-state index is -4.75. The van der Waals surface area contributed by atoms with Crippen LogP contribution in [0.3, 0.4) is 0 Å². The van der Waals surface area contributed by atoms with Crippen molar-refractivity contribution in [1.29, 1.82) is 0 Å². The second kappa shape index (κ2) is 6.11. The highest BCUT2D eigenvalue weighted by Gasteiger charge is 2.39. The smallest absolute Gasteiger partial charge is 0.425 e. The van der Waals surface area contributed by atoms with Gasteiger partial charge in [-0.15, -0.1) is 0 Å². The van der Waals surface area contributed by atoms with E-state index in [-0.39, 0.29) is 0 Å². The second-order valence-corrected chi connectivity index (χ2v) is 6.30. The Bertz CT molecular complexity index is 681. The molecule has 0 aromatic heterocycles. The molecule has 5 nitrogen and oxygen atoms in total. The van der Waals surface area contributed by atoms with Crippen molar-refractivity contribution < 1.29 is 40.2 Å². The highest BCUT2D eigenvalue weighted by molar-refractivity contribution is 7.90. The Balaban J connectivity index is 3.47. The van der Waals surface area contributed by atoms with Crippen LogP contribution >= 0.6 is 0 Å². The molecule has 124 valence electrons. The predicted octanol–water partition coefficient (Wildman–Crippen LogP) is 2.35. The lowest BCUT2D eigenvalue weighted by Crippen LogP contribution is -2.32. The van der Waals surface area contributed by atoms with E-state index in [0.29, 0.717) is 13.2 Å². The van der Waals surface area contributed by atoms with E-state index in [4.69, 9.17) is 0 Å². The molecule has 1 atom stereocenters. The summed E-state index contributed by atoms with van der Waals surface area (Å²) in [5, 5.41) is 0. The van der Waals surface area contributed by atoms with Crippen LogP contribution in [0.15, 0.2) is 17.0 Å². The quantitative estimate of drug-likeness (QED) is 0.619. The van der Waals surface area contributed by atoms with Crippen LogP contribution in [0.4, 0.5) is 17.6 Å². The van der Waals surface area contributed by atoms with Gasteiger partial charge in [-0.1, -0.05) is 0 Å². The Morgan fingerprint density at radius 1 is 1.27 bits per heavy atom. The van der Waals surface area contributed by atoms with E-state index in [1.807, 2.05) is 0 Å². The summed E-state index contributed by atoms with van der Waals surface area (Å²) in [6.45, 7) is 0.656. The van der Waals surface area contributed by atoms with Gasteiger partial charge < -0.3 is 9.47 Å². The van der Waals surface area contributed by atoms with Crippen molar-refractivity contribution in [3.05, 3.63) is 23.5 Å². The summed E-state index contributed by atoms with van der Waals surface area (Å²) in [5.74, 6) is -3.64. The molecule has 0 bridgehead atoms. The van der Waals surface area contributed by atoms with Crippen LogP contribution in [0.25, 0.3) is 0 Å². The molecule has 1 aromatic rings. The Labute approximate surface area is 123 Å².